The molecule has 0 unspecified atom stereocenters. The van der Waals surface area contributed by atoms with Gasteiger partial charge in [-0.3, -0.25) is 9.91 Å². The fourth-order valence-electron chi connectivity index (χ4n) is 3.85. The molecule has 1 aliphatic heterocycles. The first-order valence-corrected chi connectivity index (χ1v) is 11.1. The van der Waals surface area contributed by atoms with Gasteiger partial charge in [0.25, 0.3) is 0 Å². The van der Waals surface area contributed by atoms with Crippen LogP contribution in [0.3, 0.4) is 0 Å². The van der Waals surface area contributed by atoms with E-state index in [-0.39, 0.29) is 6.04 Å². The highest BCUT2D eigenvalue weighted by molar-refractivity contribution is 9.12. The van der Waals surface area contributed by atoms with E-state index in [1.807, 2.05) is 24.4 Å². The summed E-state index contributed by atoms with van der Waals surface area (Å²) in [6, 6.07) is 32.1. The molecule has 0 amide bonds. The summed E-state index contributed by atoms with van der Waals surface area (Å²) in [5.74, 6) is 0. The maximum Gasteiger partial charge on any atom is 0.0612 e. The Hall–Kier alpha value is -2.69. The second kappa shape index (κ2) is 10.4. The molecule has 4 rings (SSSR count). The largest absolute Gasteiger partial charge is 0.294 e. The van der Waals surface area contributed by atoms with E-state index in [4.69, 9.17) is 0 Å². The summed E-state index contributed by atoms with van der Waals surface area (Å²) < 4.78 is 0.975. The van der Waals surface area contributed by atoms with Crippen LogP contribution in [-0.4, -0.2) is 42.3 Å². The van der Waals surface area contributed by atoms with Crippen LogP contribution < -0.4 is 0 Å². The summed E-state index contributed by atoms with van der Waals surface area (Å²) in [6.45, 7) is 3.79. The number of rotatable bonds is 6. The number of halogens is 1. The molecule has 3 aromatic rings. The van der Waals surface area contributed by atoms with E-state index in [0.29, 0.717) is 0 Å². The number of hydrogen-bond donors (Lipinski definition) is 0. The highest BCUT2D eigenvalue weighted by atomic mass is 79.9. The zero-order valence-electron chi connectivity index (χ0n) is 16.9. The smallest absolute Gasteiger partial charge is 0.0612 e. The first-order chi connectivity index (χ1) is 14.8. The van der Waals surface area contributed by atoms with E-state index in [1.54, 1.807) is 0 Å². The molecule has 30 heavy (non-hydrogen) atoms. The van der Waals surface area contributed by atoms with Crippen LogP contribution in [-0.2, 0) is 0 Å². The van der Waals surface area contributed by atoms with Gasteiger partial charge in [0.2, 0.25) is 0 Å². The lowest BCUT2D eigenvalue weighted by molar-refractivity contribution is 0.113. The molecule has 4 heteroatoms. The number of hydrogen-bond acceptors (Lipinski definition) is 3. The lowest BCUT2D eigenvalue weighted by atomic mass is 9.96. The Labute approximate surface area is 187 Å². The summed E-state index contributed by atoms with van der Waals surface area (Å²) in [5, 5.41) is 6.84. The van der Waals surface area contributed by atoms with Gasteiger partial charge in [0, 0.05) is 30.7 Å². The molecule has 0 spiro atoms. The number of piperazine rings is 1. The Balaban J connectivity index is 1.42. The standard InChI is InChI=1S/C26H26BrN3/c27-25(20-22-10-4-1-5-11-22)21-28-30-18-16-29(17-19-30)26(23-12-6-2-7-13-23)24-14-8-3-9-15-24/h1-15,20-21,26H,16-19H2. The summed E-state index contributed by atoms with van der Waals surface area (Å²) in [7, 11) is 0. The molecule has 0 saturated carbocycles. The van der Waals surface area contributed by atoms with E-state index < -0.39 is 0 Å². The lowest BCUT2D eigenvalue weighted by Gasteiger charge is -2.38. The van der Waals surface area contributed by atoms with Crippen molar-refractivity contribution in [2.24, 2.45) is 5.10 Å². The zero-order valence-corrected chi connectivity index (χ0v) is 18.5. The van der Waals surface area contributed by atoms with Gasteiger partial charge < -0.3 is 0 Å². The van der Waals surface area contributed by atoms with Gasteiger partial charge >= 0.3 is 0 Å². The maximum absolute atomic E-state index is 4.69. The van der Waals surface area contributed by atoms with Gasteiger partial charge in [-0.05, 0) is 38.7 Å². The van der Waals surface area contributed by atoms with E-state index in [1.165, 1.54) is 11.1 Å². The van der Waals surface area contributed by atoms with Crippen LogP contribution >= 0.6 is 15.9 Å². The van der Waals surface area contributed by atoms with Crippen LogP contribution in [0.25, 0.3) is 6.08 Å². The van der Waals surface area contributed by atoms with E-state index >= 15 is 0 Å². The Morgan fingerprint density at radius 2 is 1.23 bits per heavy atom. The molecule has 1 saturated heterocycles. The summed E-state index contributed by atoms with van der Waals surface area (Å²) in [5.41, 5.74) is 3.84. The van der Waals surface area contributed by atoms with Gasteiger partial charge in [0.05, 0.1) is 12.3 Å². The molecule has 0 aromatic heterocycles. The Kier molecular flexibility index (Phi) is 7.11. The normalized spacial score (nSPS) is 15.8. The quantitative estimate of drug-likeness (QED) is 0.432. The highest BCUT2D eigenvalue weighted by Gasteiger charge is 2.25. The van der Waals surface area contributed by atoms with E-state index in [2.05, 4.69) is 110 Å². The molecule has 1 heterocycles. The molecular formula is C26H26BrN3. The van der Waals surface area contributed by atoms with Crippen molar-refractivity contribution in [2.75, 3.05) is 26.2 Å². The Bertz CT molecular complexity index is 923. The minimum atomic E-state index is 0.281. The predicted octanol–water partition coefficient (Wildman–Crippen LogP) is 5.82. The van der Waals surface area contributed by atoms with Crippen molar-refractivity contribution >= 4 is 28.2 Å². The minimum Gasteiger partial charge on any atom is -0.294 e. The molecule has 0 radical (unpaired) electrons. The molecule has 3 aromatic carbocycles. The monoisotopic (exact) mass is 459 g/mol. The Morgan fingerprint density at radius 3 is 1.77 bits per heavy atom. The molecule has 0 atom stereocenters. The molecule has 1 fully saturated rings. The molecule has 0 bridgehead atoms. The van der Waals surface area contributed by atoms with Gasteiger partial charge in [-0.1, -0.05) is 91.0 Å². The van der Waals surface area contributed by atoms with Crippen LogP contribution in [0, 0.1) is 0 Å². The van der Waals surface area contributed by atoms with Crippen LogP contribution in [0.5, 0.6) is 0 Å². The van der Waals surface area contributed by atoms with Crippen molar-refractivity contribution in [2.45, 2.75) is 6.04 Å². The third kappa shape index (κ3) is 5.47. The second-order valence-corrected chi connectivity index (χ2v) is 8.31. The summed E-state index contributed by atoms with van der Waals surface area (Å²) in [6.07, 6.45) is 3.98. The van der Waals surface area contributed by atoms with E-state index in [0.717, 1.165) is 36.2 Å². The molecule has 3 nitrogen and oxygen atoms in total. The highest BCUT2D eigenvalue weighted by Crippen LogP contribution is 2.29. The van der Waals surface area contributed by atoms with Gasteiger partial charge in [-0.15, -0.1) is 0 Å². The molecule has 0 aliphatic carbocycles. The van der Waals surface area contributed by atoms with Crippen LogP contribution in [0.15, 0.2) is 101 Å². The zero-order chi connectivity index (χ0) is 20.6. The fourth-order valence-corrected chi connectivity index (χ4v) is 4.21. The molecule has 0 N–H and O–H groups in total. The molecule has 152 valence electrons. The third-order valence-electron chi connectivity index (χ3n) is 5.33. The lowest BCUT2D eigenvalue weighted by Crippen LogP contribution is -2.45. The topological polar surface area (TPSA) is 18.8 Å². The van der Waals surface area contributed by atoms with Crippen LogP contribution in [0.1, 0.15) is 22.7 Å². The predicted molar refractivity (Wildman–Crippen MR) is 130 cm³/mol. The maximum atomic E-state index is 4.69. The van der Waals surface area contributed by atoms with Crippen molar-refractivity contribution in [1.82, 2.24) is 9.91 Å². The van der Waals surface area contributed by atoms with Crippen LogP contribution in [0.4, 0.5) is 0 Å². The summed E-state index contributed by atoms with van der Waals surface area (Å²) >= 11 is 3.61. The van der Waals surface area contributed by atoms with E-state index in [9.17, 15) is 0 Å². The van der Waals surface area contributed by atoms with Gasteiger partial charge in [0.15, 0.2) is 0 Å². The number of benzene rings is 3. The van der Waals surface area contributed by atoms with Crippen molar-refractivity contribution in [3.05, 3.63) is 112 Å². The molecular weight excluding hydrogens is 434 g/mol. The third-order valence-corrected chi connectivity index (χ3v) is 5.77. The van der Waals surface area contributed by atoms with Gasteiger partial charge in [-0.2, -0.15) is 5.10 Å². The second-order valence-electron chi connectivity index (χ2n) is 7.40. The van der Waals surface area contributed by atoms with Crippen molar-refractivity contribution in [1.29, 1.82) is 0 Å². The van der Waals surface area contributed by atoms with Crippen LogP contribution in [0.2, 0.25) is 0 Å². The van der Waals surface area contributed by atoms with Gasteiger partial charge in [-0.25, -0.2) is 0 Å². The summed E-state index contributed by atoms with van der Waals surface area (Å²) in [4.78, 5) is 2.56. The first kappa shape index (κ1) is 20.6. The fraction of sp³-hybridized carbons (Fsp3) is 0.192. The average molecular weight is 460 g/mol. The Morgan fingerprint density at radius 1 is 0.733 bits per heavy atom. The number of hydrazone groups is 1. The van der Waals surface area contributed by atoms with Gasteiger partial charge in [0.1, 0.15) is 0 Å². The first-order valence-electron chi connectivity index (χ1n) is 10.3. The van der Waals surface area contributed by atoms with Crippen molar-refractivity contribution in [3.8, 4) is 0 Å². The SMILES string of the molecule is BrC(C=NN1CCN(C(c2ccccc2)c2ccccc2)CC1)=Cc1ccccc1. The van der Waals surface area contributed by atoms with Crippen molar-refractivity contribution < 1.29 is 0 Å². The number of allylic oxidation sites excluding steroid dienone is 1. The number of nitrogens with zero attached hydrogens (tertiary/aromatic N) is 3. The average Bonchev–Trinajstić information content (AvgIpc) is 2.81. The van der Waals surface area contributed by atoms with Crippen molar-refractivity contribution in [3.63, 3.8) is 0 Å². The molecule has 1 aliphatic rings. The minimum absolute atomic E-state index is 0.281.